The highest BCUT2D eigenvalue weighted by atomic mass is 32.1. The Balaban J connectivity index is 1.80. The summed E-state index contributed by atoms with van der Waals surface area (Å²) in [4.78, 5) is 28.0. The Labute approximate surface area is 152 Å². The highest BCUT2D eigenvalue weighted by Crippen LogP contribution is 2.29. The minimum Gasteiger partial charge on any atom is -0.326 e. The molecule has 4 nitrogen and oxygen atoms in total. The first-order chi connectivity index (χ1) is 12.0. The van der Waals surface area contributed by atoms with E-state index >= 15 is 0 Å². The molecule has 0 saturated carbocycles. The molecule has 1 saturated heterocycles. The van der Waals surface area contributed by atoms with Crippen molar-refractivity contribution in [3.8, 4) is 0 Å². The van der Waals surface area contributed by atoms with E-state index in [-0.39, 0.29) is 11.8 Å². The van der Waals surface area contributed by atoms with Crippen molar-refractivity contribution in [2.24, 2.45) is 0 Å². The van der Waals surface area contributed by atoms with Gasteiger partial charge in [-0.05, 0) is 48.3 Å². The third kappa shape index (κ3) is 3.61. The second-order valence-electron chi connectivity index (χ2n) is 6.82. The van der Waals surface area contributed by atoms with E-state index in [9.17, 15) is 9.59 Å². The fourth-order valence-corrected chi connectivity index (χ4v) is 4.05. The molecule has 0 bridgehead atoms. The number of nitrogens with one attached hydrogen (secondary N) is 1. The van der Waals surface area contributed by atoms with Crippen molar-refractivity contribution in [3.05, 3.63) is 51.7 Å². The Morgan fingerprint density at radius 2 is 2.04 bits per heavy atom. The number of aryl methyl sites for hydroxylation is 1. The Kier molecular flexibility index (Phi) is 5.23. The zero-order valence-corrected chi connectivity index (χ0v) is 15.7. The Hall–Kier alpha value is -2.14. The van der Waals surface area contributed by atoms with Crippen molar-refractivity contribution in [3.63, 3.8) is 0 Å². The van der Waals surface area contributed by atoms with Gasteiger partial charge in [-0.3, -0.25) is 9.59 Å². The summed E-state index contributed by atoms with van der Waals surface area (Å²) in [6.07, 6.45) is 1.58. The fraction of sp³-hybridized carbons (Fsp3) is 0.400. The number of carbonyl (C=O) groups is 2. The molecule has 1 N–H and O–H groups in total. The average Bonchev–Trinajstić information content (AvgIpc) is 3.27. The number of likely N-dealkylation sites (tertiary alicyclic amines) is 1. The van der Waals surface area contributed by atoms with Crippen LogP contribution < -0.4 is 5.32 Å². The maximum atomic E-state index is 12.9. The van der Waals surface area contributed by atoms with E-state index in [0.29, 0.717) is 23.8 Å². The summed E-state index contributed by atoms with van der Waals surface area (Å²) in [6, 6.07) is 9.36. The molecule has 2 aromatic rings. The van der Waals surface area contributed by atoms with Crippen LogP contribution in [0.4, 0.5) is 5.69 Å². The number of carbonyl (C=O) groups excluding carboxylic acids is 2. The number of benzene rings is 1. The highest BCUT2D eigenvalue weighted by Gasteiger charge is 2.35. The molecule has 1 aromatic heterocycles. The number of hydrogen-bond acceptors (Lipinski definition) is 3. The van der Waals surface area contributed by atoms with E-state index in [1.54, 1.807) is 4.90 Å². The molecule has 2 amide bonds. The smallest absolute Gasteiger partial charge is 0.264 e. The largest absolute Gasteiger partial charge is 0.326 e. The monoisotopic (exact) mass is 356 g/mol. The van der Waals surface area contributed by atoms with E-state index in [2.05, 4.69) is 25.2 Å². The van der Waals surface area contributed by atoms with Crippen LogP contribution in [-0.2, 0) is 4.79 Å². The first kappa shape index (κ1) is 17.7. The topological polar surface area (TPSA) is 49.4 Å². The molecule has 1 aromatic carbocycles. The summed E-state index contributed by atoms with van der Waals surface area (Å²) in [5.74, 6) is 0.197. The minimum absolute atomic E-state index is 0.0403. The van der Waals surface area contributed by atoms with Crippen LogP contribution in [0.2, 0.25) is 0 Å². The van der Waals surface area contributed by atoms with Gasteiger partial charge >= 0.3 is 0 Å². The summed E-state index contributed by atoms with van der Waals surface area (Å²) in [5, 5.41) is 4.99. The van der Waals surface area contributed by atoms with Crippen molar-refractivity contribution in [2.75, 3.05) is 11.9 Å². The lowest BCUT2D eigenvalue weighted by molar-refractivity contribution is -0.119. The van der Waals surface area contributed by atoms with Gasteiger partial charge < -0.3 is 10.2 Å². The number of nitrogens with zero attached hydrogens (tertiary/aromatic N) is 1. The Morgan fingerprint density at radius 3 is 2.72 bits per heavy atom. The van der Waals surface area contributed by atoms with Crippen LogP contribution in [0.3, 0.4) is 0 Å². The third-order valence-electron chi connectivity index (χ3n) is 4.72. The van der Waals surface area contributed by atoms with Crippen molar-refractivity contribution >= 4 is 28.8 Å². The van der Waals surface area contributed by atoms with Gasteiger partial charge in [0, 0.05) is 12.2 Å². The average molecular weight is 356 g/mol. The van der Waals surface area contributed by atoms with E-state index in [1.807, 2.05) is 36.6 Å². The molecule has 5 heteroatoms. The maximum Gasteiger partial charge on any atom is 0.264 e. The van der Waals surface area contributed by atoms with Crippen molar-refractivity contribution < 1.29 is 9.59 Å². The van der Waals surface area contributed by atoms with Gasteiger partial charge in [0.2, 0.25) is 5.91 Å². The predicted octanol–water partition coefficient (Wildman–Crippen LogP) is 4.42. The van der Waals surface area contributed by atoms with Crippen LogP contribution in [0.5, 0.6) is 0 Å². The van der Waals surface area contributed by atoms with Crippen LogP contribution >= 0.6 is 11.3 Å². The van der Waals surface area contributed by atoms with Gasteiger partial charge in [0.25, 0.3) is 5.91 Å². The molecule has 132 valence electrons. The molecule has 3 rings (SSSR count). The van der Waals surface area contributed by atoms with Gasteiger partial charge in [-0.1, -0.05) is 38.1 Å². The van der Waals surface area contributed by atoms with E-state index in [0.717, 1.165) is 23.2 Å². The normalized spacial score (nSPS) is 17.1. The van der Waals surface area contributed by atoms with Gasteiger partial charge in [0.15, 0.2) is 0 Å². The van der Waals surface area contributed by atoms with Crippen LogP contribution in [0.15, 0.2) is 35.7 Å². The third-order valence-corrected chi connectivity index (χ3v) is 5.58. The standard InChI is InChI=1S/C20H24N2O2S/c1-13(2)15-8-4-7-14(3)18(15)21-19(23)16-9-5-11-22(16)20(24)17-10-6-12-25-17/h4,6-8,10,12-13,16H,5,9,11H2,1-3H3,(H,21,23)/t16-/m1/s1. The first-order valence-electron chi connectivity index (χ1n) is 8.74. The second kappa shape index (κ2) is 7.40. The lowest BCUT2D eigenvalue weighted by Crippen LogP contribution is -2.43. The molecule has 1 fully saturated rings. The number of anilines is 1. The lowest BCUT2D eigenvalue weighted by atomic mass is 9.98. The van der Waals surface area contributed by atoms with Crippen molar-refractivity contribution in [1.29, 1.82) is 0 Å². The number of para-hydroxylation sites is 1. The van der Waals surface area contributed by atoms with E-state index < -0.39 is 6.04 Å². The van der Waals surface area contributed by atoms with Gasteiger partial charge in [-0.15, -0.1) is 11.3 Å². The van der Waals surface area contributed by atoms with Crippen LogP contribution in [-0.4, -0.2) is 29.3 Å². The molecule has 0 unspecified atom stereocenters. The summed E-state index contributed by atoms with van der Waals surface area (Å²) in [6.45, 7) is 6.88. The molecule has 25 heavy (non-hydrogen) atoms. The molecule has 1 aliphatic rings. The second-order valence-corrected chi connectivity index (χ2v) is 7.76. The predicted molar refractivity (Wildman–Crippen MR) is 102 cm³/mol. The Morgan fingerprint density at radius 1 is 1.24 bits per heavy atom. The van der Waals surface area contributed by atoms with Crippen molar-refractivity contribution in [1.82, 2.24) is 4.90 Å². The quantitative estimate of drug-likeness (QED) is 0.881. The molecule has 0 spiro atoms. The summed E-state index contributed by atoms with van der Waals surface area (Å²) < 4.78 is 0. The molecular weight excluding hydrogens is 332 g/mol. The number of thiophene rings is 1. The number of rotatable bonds is 4. The van der Waals surface area contributed by atoms with Crippen LogP contribution in [0.25, 0.3) is 0 Å². The lowest BCUT2D eigenvalue weighted by Gasteiger charge is -2.25. The zero-order chi connectivity index (χ0) is 18.0. The van der Waals surface area contributed by atoms with E-state index in [1.165, 1.54) is 11.3 Å². The molecule has 0 aliphatic carbocycles. The van der Waals surface area contributed by atoms with Crippen LogP contribution in [0, 0.1) is 6.92 Å². The number of hydrogen-bond donors (Lipinski definition) is 1. The molecule has 2 heterocycles. The van der Waals surface area contributed by atoms with Gasteiger partial charge in [-0.25, -0.2) is 0 Å². The Bertz CT molecular complexity index is 768. The maximum absolute atomic E-state index is 12.9. The summed E-state index contributed by atoms with van der Waals surface area (Å²) in [5.41, 5.74) is 3.06. The van der Waals surface area contributed by atoms with Gasteiger partial charge in [0.05, 0.1) is 4.88 Å². The summed E-state index contributed by atoms with van der Waals surface area (Å²) >= 11 is 1.42. The summed E-state index contributed by atoms with van der Waals surface area (Å²) in [7, 11) is 0. The van der Waals surface area contributed by atoms with Crippen LogP contribution in [0.1, 0.15) is 53.4 Å². The van der Waals surface area contributed by atoms with Gasteiger partial charge in [-0.2, -0.15) is 0 Å². The van der Waals surface area contributed by atoms with E-state index in [4.69, 9.17) is 0 Å². The molecular formula is C20H24N2O2S. The van der Waals surface area contributed by atoms with Gasteiger partial charge in [0.1, 0.15) is 6.04 Å². The molecule has 0 radical (unpaired) electrons. The zero-order valence-electron chi connectivity index (χ0n) is 14.9. The highest BCUT2D eigenvalue weighted by molar-refractivity contribution is 7.12. The van der Waals surface area contributed by atoms with Crippen molar-refractivity contribution in [2.45, 2.75) is 45.6 Å². The number of amides is 2. The SMILES string of the molecule is Cc1cccc(C(C)C)c1NC(=O)[C@H]1CCCN1C(=O)c1cccs1. The fourth-order valence-electron chi connectivity index (χ4n) is 3.37. The molecule has 1 aliphatic heterocycles. The molecule has 1 atom stereocenters. The minimum atomic E-state index is -0.394. The first-order valence-corrected chi connectivity index (χ1v) is 9.62.